The molecule has 7 heteroatoms. The summed E-state index contributed by atoms with van der Waals surface area (Å²) >= 11 is 1.40. The Hall–Kier alpha value is -0.920. The molecule has 0 spiro atoms. The molecule has 1 amide bonds. The Morgan fingerprint density at radius 3 is 2.68 bits per heavy atom. The summed E-state index contributed by atoms with van der Waals surface area (Å²) in [6.07, 6.45) is 2.61. The van der Waals surface area contributed by atoms with Crippen molar-refractivity contribution in [2.45, 2.75) is 32.7 Å². The summed E-state index contributed by atoms with van der Waals surface area (Å²) in [6, 6.07) is 3.79. The zero-order valence-electron chi connectivity index (χ0n) is 11.4. The molecule has 0 aromatic carbocycles. The van der Waals surface area contributed by atoms with E-state index in [4.69, 9.17) is 0 Å². The quantitative estimate of drug-likeness (QED) is 0.799. The number of carbonyl (C=O) groups excluding carboxylic acids is 1. The molecule has 0 aliphatic carbocycles. The van der Waals surface area contributed by atoms with Gasteiger partial charge in [0.25, 0.3) is 5.91 Å². The van der Waals surface area contributed by atoms with Crippen molar-refractivity contribution in [2.75, 3.05) is 12.8 Å². The minimum absolute atomic E-state index is 0.0679. The summed E-state index contributed by atoms with van der Waals surface area (Å²) in [5, 5.41) is 2.90. The molecule has 0 radical (unpaired) electrons. The minimum Gasteiger partial charge on any atom is -0.349 e. The van der Waals surface area contributed by atoms with Crippen LogP contribution in [0.4, 0.5) is 0 Å². The zero-order chi connectivity index (χ0) is 14.5. The maximum absolute atomic E-state index is 11.8. The smallest absolute Gasteiger partial charge is 0.261 e. The van der Waals surface area contributed by atoms with Crippen LogP contribution in [-0.4, -0.2) is 33.2 Å². The van der Waals surface area contributed by atoms with Gasteiger partial charge in [0, 0.05) is 17.5 Å². The van der Waals surface area contributed by atoms with Crippen LogP contribution in [0.1, 0.15) is 34.8 Å². The van der Waals surface area contributed by atoms with Crippen LogP contribution in [0.15, 0.2) is 12.1 Å². The van der Waals surface area contributed by atoms with Gasteiger partial charge < -0.3 is 5.32 Å². The Balaban J connectivity index is 2.50. The second kappa shape index (κ2) is 7.02. The highest BCUT2D eigenvalue weighted by Crippen LogP contribution is 2.17. The van der Waals surface area contributed by atoms with E-state index in [1.54, 1.807) is 6.07 Å². The molecule has 1 aromatic heterocycles. The first-order valence-corrected chi connectivity index (χ1v) is 8.87. The van der Waals surface area contributed by atoms with Crippen molar-refractivity contribution in [2.24, 2.45) is 0 Å². The highest BCUT2D eigenvalue weighted by molar-refractivity contribution is 7.88. The maximum Gasteiger partial charge on any atom is 0.261 e. The maximum atomic E-state index is 11.8. The van der Waals surface area contributed by atoms with Gasteiger partial charge in [0.05, 0.1) is 11.1 Å². The largest absolute Gasteiger partial charge is 0.349 e. The Kier molecular flexibility index (Phi) is 5.96. The van der Waals surface area contributed by atoms with Gasteiger partial charge in [0.15, 0.2) is 0 Å². The lowest BCUT2D eigenvalue weighted by atomic mass is 10.2. The Morgan fingerprint density at radius 1 is 1.42 bits per heavy atom. The second-order valence-electron chi connectivity index (χ2n) is 4.47. The van der Waals surface area contributed by atoms with Crippen LogP contribution in [0, 0.1) is 0 Å². The van der Waals surface area contributed by atoms with Crippen LogP contribution in [0.5, 0.6) is 0 Å². The summed E-state index contributed by atoms with van der Waals surface area (Å²) in [4.78, 5) is 13.5. The summed E-state index contributed by atoms with van der Waals surface area (Å²) < 4.78 is 24.3. The normalized spacial score (nSPS) is 13.2. The van der Waals surface area contributed by atoms with Crippen molar-refractivity contribution >= 4 is 27.3 Å². The molecule has 0 saturated heterocycles. The third kappa shape index (κ3) is 6.17. The van der Waals surface area contributed by atoms with Crippen LogP contribution in [-0.2, 0) is 16.4 Å². The number of hydrogen-bond donors (Lipinski definition) is 2. The molecule has 1 aromatic rings. The van der Waals surface area contributed by atoms with E-state index >= 15 is 0 Å². The van der Waals surface area contributed by atoms with Gasteiger partial charge in [-0.25, -0.2) is 13.1 Å². The number of rotatable bonds is 7. The van der Waals surface area contributed by atoms with Crippen LogP contribution in [0.2, 0.25) is 0 Å². The minimum atomic E-state index is -3.15. The number of hydrogen-bond acceptors (Lipinski definition) is 4. The SMILES string of the molecule is CCC(C)NC(=O)c1ccc(CCNS(C)(=O)=O)s1. The molecule has 1 unspecified atom stereocenters. The van der Waals surface area contributed by atoms with Crippen LogP contribution >= 0.6 is 11.3 Å². The fourth-order valence-electron chi connectivity index (χ4n) is 1.39. The van der Waals surface area contributed by atoms with E-state index in [0.717, 1.165) is 17.6 Å². The molecule has 1 atom stereocenters. The summed E-state index contributed by atoms with van der Waals surface area (Å²) in [5.74, 6) is -0.0679. The van der Waals surface area contributed by atoms with Gasteiger partial charge >= 0.3 is 0 Å². The van der Waals surface area contributed by atoms with Crippen molar-refractivity contribution < 1.29 is 13.2 Å². The van der Waals surface area contributed by atoms with Crippen molar-refractivity contribution in [3.63, 3.8) is 0 Å². The molecule has 2 N–H and O–H groups in total. The molecule has 0 aliphatic heterocycles. The number of thiophene rings is 1. The molecule has 0 bridgehead atoms. The van der Waals surface area contributed by atoms with Gasteiger partial charge in [-0.3, -0.25) is 4.79 Å². The number of amides is 1. The highest BCUT2D eigenvalue weighted by Gasteiger charge is 2.11. The number of sulfonamides is 1. The predicted octanol–water partition coefficient (Wildman–Crippen LogP) is 1.37. The van der Waals surface area contributed by atoms with Crippen LogP contribution in [0.3, 0.4) is 0 Å². The van der Waals surface area contributed by atoms with E-state index in [-0.39, 0.29) is 11.9 Å². The molecule has 19 heavy (non-hydrogen) atoms. The van der Waals surface area contributed by atoms with E-state index in [0.29, 0.717) is 17.8 Å². The van der Waals surface area contributed by atoms with Crippen LogP contribution in [0.25, 0.3) is 0 Å². The standard InChI is InChI=1S/C12H20N2O3S2/c1-4-9(2)14-12(15)11-6-5-10(18-11)7-8-13-19(3,16)17/h5-6,9,13H,4,7-8H2,1-3H3,(H,14,15). The predicted molar refractivity (Wildman–Crippen MR) is 78.1 cm³/mol. The molecule has 0 saturated carbocycles. The lowest BCUT2D eigenvalue weighted by Crippen LogP contribution is -2.31. The number of carbonyl (C=O) groups is 1. The van der Waals surface area contributed by atoms with Crippen LogP contribution < -0.4 is 10.0 Å². The molecule has 1 rings (SSSR count). The number of nitrogens with one attached hydrogen (secondary N) is 2. The van der Waals surface area contributed by atoms with Gasteiger partial charge in [0.1, 0.15) is 0 Å². The fourth-order valence-corrected chi connectivity index (χ4v) is 2.77. The topological polar surface area (TPSA) is 75.3 Å². The first-order valence-electron chi connectivity index (χ1n) is 6.16. The molecule has 0 aliphatic rings. The first kappa shape index (κ1) is 16.1. The lowest BCUT2D eigenvalue weighted by molar-refractivity contribution is 0.0943. The Bertz CT molecular complexity index is 523. The molecular formula is C12H20N2O3S2. The van der Waals surface area contributed by atoms with E-state index in [1.807, 2.05) is 19.9 Å². The summed E-state index contributed by atoms with van der Waals surface area (Å²) in [5.41, 5.74) is 0. The van der Waals surface area contributed by atoms with Gasteiger partial charge in [-0.2, -0.15) is 0 Å². The van der Waals surface area contributed by atoms with E-state index in [9.17, 15) is 13.2 Å². The lowest BCUT2D eigenvalue weighted by Gasteiger charge is -2.09. The van der Waals surface area contributed by atoms with Gasteiger partial charge in [0.2, 0.25) is 10.0 Å². The highest BCUT2D eigenvalue weighted by atomic mass is 32.2. The van der Waals surface area contributed by atoms with Gasteiger partial charge in [-0.1, -0.05) is 6.92 Å². The van der Waals surface area contributed by atoms with Gasteiger partial charge in [-0.15, -0.1) is 11.3 Å². The monoisotopic (exact) mass is 304 g/mol. The first-order chi connectivity index (χ1) is 8.81. The van der Waals surface area contributed by atoms with Crippen molar-refractivity contribution in [3.05, 3.63) is 21.9 Å². The second-order valence-corrected chi connectivity index (χ2v) is 7.47. The molecule has 0 fully saturated rings. The molecule has 5 nitrogen and oxygen atoms in total. The summed E-state index contributed by atoms with van der Waals surface area (Å²) in [7, 11) is -3.15. The van der Waals surface area contributed by atoms with Crippen molar-refractivity contribution in [1.82, 2.24) is 10.0 Å². The third-order valence-corrected chi connectivity index (χ3v) is 4.48. The Morgan fingerprint density at radius 2 is 2.11 bits per heavy atom. The van der Waals surface area contributed by atoms with Gasteiger partial charge in [-0.05, 0) is 31.9 Å². The average Bonchev–Trinajstić information content (AvgIpc) is 2.76. The van der Waals surface area contributed by atoms with Crippen molar-refractivity contribution in [1.29, 1.82) is 0 Å². The van der Waals surface area contributed by atoms with E-state index in [1.165, 1.54) is 11.3 Å². The van der Waals surface area contributed by atoms with Crippen molar-refractivity contribution in [3.8, 4) is 0 Å². The molecule has 1 heterocycles. The average molecular weight is 304 g/mol. The Labute approximate surface area is 118 Å². The fraction of sp³-hybridized carbons (Fsp3) is 0.583. The van der Waals surface area contributed by atoms with E-state index in [2.05, 4.69) is 10.0 Å². The molecule has 108 valence electrons. The summed E-state index contributed by atoms with van der Waals surface area (Å²) in [6.45, 7) is 4.33. The molecular weight excluding hydrogens is 284 g/mol. The van der Waals surface area contributed by atoms with E-state index < -0.39 is 10.0 Å². The zero-order valence-corrected chi connectivity index (χ0v) is 13.0. The third-order valence-electron chi connectivity index (χ3n) is 2.61.